The molecule has 3 nitrogen and oxygen atoms in total. The first-order valence-corrected chi connectivity index (χ1v) is 6.51. The zero-order valence-corrected chi connectivity index (χ0v) is 12.0. The summed E-state index contributed by atoms with van der Waals surface area (Å²) in [6, 6.07) is 8.27. The van der Waals surface area contributed by atoms with Crippen molar-refractivity contribution in [1.29, 1.82) is 0 Å². The summed E-state index contributed by atoms with van der Waals surface area (Å²) < 4.78 is 26.0. The molecule has 0 saturated heterocycles. The second kappa shape index (κ2) is 6.10. The molecule has 0 aromatic heterocycles. The summed E-state index contributed by atoms with van der Waals surface area (Å²) in [4.78, 5) is 13.6. The van der Waals surface area contributed by atoms with Crippen molar-refractivity contribution >= 4 is 23.2 Å². The Bertz CT molecular complexity index is 691. The van der Waals surface area contributed by atoms with Gasteiger partial charge in [-0.25, -0.2) is 8.78 Å². The van der Waals surface area contributed by atoms with Gasteiger partial charge in [-0.3, -0.25) is 4.79 Å². The van der Waals surface area contributed by atoms with Crippen LogP contribution in [0.25, 0.3) is 0 Å². The maximum Gasteiger partial charge on any atom is 0.256 e. The Hall–Kier alpha value is -2.14. The van der Waals surface area contributed by atoms with E-state index in [1.165, 1.54) is 11.0 Å². The molecule has 0 heterocycles. The van der Waals surface area contributed by atoms with Crippen molar-refractivity contribution < 1.29 is 13.6 Å². The van der Waals surface area contributed by atoms with Crippen molar-refractivity contribution in [2.45, 2.75) is 6.54 Å². The smallest absolute Gasteiger partial charge is 0.256 e. The van der Waals surface area contributed by atoms with E-state index in [9.17, 15) is 13.6 Å². The predicted octanol–water partition coefficient (Wildman–Crippen LogP) is 3.47. The number of hydrogen-bond donors (Lipinski definition) is 1. The average molecular weight is 311 g/mol. The molecule has 0 fully saturated rings. The number of benzene rings is 2. The van der Waals surface area contributed by atoms with E-state index >= 15 is 0 Å². The number of nitrogen functional groups attached to an aromatic ring is 1. The molecule has 110 valence electrons. The van der Waals surface area contributed by atoms with Crippen LogP contribution in [-0.2, 0) is 6.54 Å². The Kier molecular flexibility index (Phi) is 4.43. The second-order valence-electron chi connectivity index (χ2n) is 4.61. The third kappa shape index (κ3) is 3.31. The molecule has 2 N–H and O–H groups in total. The van der Waals surface area contributed by atoms with Crippen LogP contribution in [0, 0.1) is 11.6 Å². The molecule has 0 saturated carbocycles. The van der Waals surface area contributed by atoms with E-state index in [2.05, 4.69) is 0 Å². The lowest BCUT2D eigenvalue weighted by atomic mass is 10.1. The molecule has 0 spiro atoms. The van der Waals surface area contributed by atoms with E-state index in [-0.39, 0.29) is 23.7 Å². The van der Waals surface area contributed by atoms with Crippen LogP contribution in [0.2, 0.25) is 5.02 Å². The molecule has 1 amide bonds. The molecule has 0 aliphatic carbocycles. The van der Waals surface area contributed by atoms with Gasteiger partial charge in [-0.15, -0.1) is 0 Å². The van der Waals surface area contributed by atoms with Gasteiger partial charge in [0.05, 0.1) is 16.3 Å². The summed E-state index contributed by atoms with van der Waals surface area (Å²) in [7, 11) is 1.55. The molecule has 0 aliphatic heterocycles. The van der Waals surface area contributed by atoms with Crippen LogP contribution in [-0.4, -0.2) is 17.9 Å². The molecule has 0 unspecified atom stereocenters. The van der Waals surface area contributed by atoms with E-state index in [0.29, 0.717) is 10.6 Å². The Morgan fingerprint density at radius 3 is 2.62 bits per heavy atom. The summed E-state index contributed by atoms with van der Waals surface area (Å²) in [5.41, 5.74) is 6.71. The van der Waals surface area contributed by atoms with Crippen molar-refractivity contribution in [1.82, 2.24) is 4.90 Å². The largest absolute Gasteiger partial charge is 0.397 e. The first-order chi connectivity index (χ1) is 9.90. The molecule has 0 bridgehead atoms. The minimum atomic E-state index is -0.949. The lowest BCUT2D eigenvalue weighted by Gasteiger charge is -2.18. The molecule has 21 heavy (non-hydrogen) atoms. The van der Waals surface area contributed by atoms with Crippen LogP contribution < -0.4 is 5.73 Å². The van der Waals surface area contributed by atoms with Gasteiger partial charge in [0, 0.05) is 13.6 Å². The highest BCUT2D eigenvalue weighted by molar-refractivity contribution is 6.33. The van der Waals surface area contributed by atoms with Crippen LogP contribution >= 0.6 is 11.6 Å². The van der Waals surface area contributed by atoms with Gasteiger partial charge in [0.2, 0.25) is 0 Å². The number of nitrogens with two attached hydrogens (primary N) is 1. The number of nitrogens with zero attached hydrogens (tertiary/aromatic N) is 1. The monoisotopic (exact) mass is 310 g/mol. The first-order valence-electron chi connectivity index (χ1n) is 6.13. The topological polar surface area (TPSA) is 46.3 Å². The van der Waals surface area contributed by atoms with Crippen molar-refractivity contribution in [3.05, 3.63) is 64.2 Å². The number of carbonyl (C=O) groups is 1. The van der Waals surface area contributed by atoms with E-state index < -0.39 is 11.6 Å². The number of halogens is 3. The van der Waals surface area contributed by atoms with Gasteiger partial charge in [0.25, 0.3) is 5.91 Å². The van der Waals surface area contributed by atoms with Gasteiger partial charge < -0.3 is 10.6 Å². The third-order valence-corrected chi connectivity index (χ3v) is 3.36. The lowest BCUT2D eigenvalue weighted by molar-refractivity contribution is 0.0786. The summed E-state index contributed by atoms with van der Waals surface area (Å²) >= 11 is 5.87. The van der Waals surface area contributed by atoms with Crippen molar-refractivity contribution in [2.24, 2.45) is 0 Å². The molecule has 0 atom stereocenters. The highest BCUT2D eigenvalue weighted by Crippen LogP contribution is 2.23. The van der Waals surface area contributed by atoms with Crippen LogP contribution in [0.4, 0.5) is 14.5 Å². The molecule has 2 aromatic carbocycles. The van der Waals surface area contributed by atoms with Crippen molar-refractivity contribution in [3.8, 4) is 0 Å². The molecular formula is C15H13ClF2N2O. The Balaban J connectivity index is 2.19. The summed E-state index contributed by atoms with van der Waals surface area (Å²) in [5, 5.41) is 0.294. The average Bonchev–Trinajstić information content (AvgIpc) is 2.45. The molecule has 0 radical (unpaired) electrons. The van der Waals surface area contributed by atoms with Gasteiger partial charge in [-0.05, 0) is 29.8 Å². The summed E-state index contributed by atoms with van der Waals surface area (Å²) in [5.74, 6) is -2.22. The maximum atomic E-state index is 13.2. The third-order valence-electron chi connectivity index (χ3n) is 3.03. The molecule has 2 rings (SSSR count). The van der Waals surface area contributed by atoms with Gasteiger partial charge in [0.1, 0.15) is 0 Å². The maximum absolute atomic E-state index is 13.2. The minimum Gasteiger partial charge on any atom is -0.397 e. The fraction of sp³-hybridized carbons (Fsp3) is 0.133. The number of carbonyl (C=O) groups excluding carboxylic acids is 1. The predicted molar refractivity (Wildman–Crippen MR) is 78.0 cm³/mol. The second-order valence-corrected chi connectivity index (χ2v) is 5.02. The molecular weight excluding hydrogens is 298 g/mol. The lowest BCUT2D eigenvalue weighted by Crippen LogP contribution is -2.27. The van der Waals surface area contributed by atoms with E-state index in [1.54, 1.807) is 25.2 Å². The van der Waals surface area contributed by atoms with E-state index in [1.807, 2.05) is 0 Å². The highest BCUT2D eigenvalue weighted by atomic mass is 35.5. The molecule has 2 aromatic rings. The van der Waals surface area contributed by atoms with Crippen molar-refractivity contribution in [2.75, 3.05) is 12.8 Å². The zero-order valence-electron chi connectivity index (χ0n) is 11.2. The highest BCUT2D eigenvalue weighted by Gasteiger charge is 2.16. The number of para-hydroxylation sites is 1. The Labute approximate surface area is 125 Å². The quantitative estimate of drug-likeness (QED) is 0.882. The standard InChI is InChI=1S/C15H13ClF2N2O/c1-20(8-9-5-6-12(17)13(18)7-9)15(21)10-3-2-4-11(16)14(10)19/h2-7H,8,19H2,1H3. The zero-order chi connectivity index (χ0) is 15.6. The van der Waals surface area contributed by atoms with Crippen LogP contribution in [0.1, 0.15) is 15.9 Å². The minimum absolute atomic E-state index is 0.127. The van der Waals surface area contributed by atoms with Gasteiger partial charge in [-0.2, -0.15) is 0 Å². The van der Waals surface area contributed by atoms with E-state index in [0.717, 1.165) is 12.1 Å². The summed E-state index contributed by atoms with van der Waals surface area (Å²) in [6.45, 7) is 0.127. The van der Waals surface area contributed by atoms with Gasteiger partial charge in [-0.1, -0.05) is 23.7 Å². The first kappa shape index (κ1) is 15.3. The Morgan fingerprint density at radius 1 is 1.24 bits per heavy atom. The fourth-order valence-electron chi connectivity index (χ4n) is 1.91. The van der Waals surface area contributed by atoms with Crippen molar-refractivity contribution in [3.63, 3.8) is 0 Å². The Morgan fingerprint density at radius 2 is 1.95 bits per heavy atom. The fourth-order valence-corrected chi connectivity index (χ4v) is 2.09. The van der Waals surface area contributed by atoms with Gasteiger partial charge in [0.15, 0.2) is 11.6 Å². The SMILES string of the molecule is CN(Cc1ccc(F)c(F)c1)C(=O)c1cccc(Cl)c1N. The van der Waals surface area contributed by atoms with Gasteiger partial charge >= 0.3 is 0 Å². The number of hydrogen-bond acceptors (Lipinski definition) is 2. The number of rotatable bonds is 3. The van der Waals surface area contributed by atoms with Crippen LogP contribution in [0.15, 0.2) is 36.4 Å². The summed E-state index contributed by atoms with van der Waals surface area (Å²) in [6.07, 6.45) is 0. The number of anilines is 1. The number of amides is 1. The van der Waals surface area contributed by atoms with Crippen LogP contribution in [0.5, 0.6) is 0 Å². The van der Waals surface area contributed by atoms with E-state index in [4.69, 9.17) is 17.3 Å². The molecule has 0 aliphatic rings. The molecule has 6 heteroatoms. The van der Waals surface area contributed by atoms with Crippen LogP contribution in [0.3, 0.4) is 0 Å². The normalized spacial score (nSPS) is 10.5.